The lowest BCUT2D eigenvalue weighted by atomic mass is 9.94. The van der Waals surface area contributed by atoms with Crippen LogP contribution in [-0.4, -0.2) is 4.98 Å². The van der Waals surface area contributed by atoms with E-state index in [4.69, 9.17) is 9.40 Å². The Morgan fingerprint density at radius 1 is 0.423 bits per heavy atom. The summed E-state index contributed by atoms with van der Waals surface area (Å²) in [6.07, 6.45) is 8.25. The summed E-state index contributed by atoms with van der Waals surface area (Å²) in [5, 5.41) is 2.30. The highest BCUT2D eigenvalue weighted by molar-refractivity contribution is 6.05. The lowest BCUT2D eigenvalue weighted by Crippen LogP contribution is -2.00. The highest BCUT2D eigenvalue weighted by atomic mass is 16.3. The van der Waals surface area contributed by atoms with Gasteiger partial charge in [0.1, 0.15) is 11.2 Å². The fourth-order valence-corrected chi connectivity index (χ4v) is 7.60. The molecule has 0 aliphatic rings. The smallest absolute Gasteiger partial charge is 0.136 e. The van der Waals surface area contributed by atoms with Crippen LogP contribution in [0.1, 0.15) is 50.1 Å². The lowest BCUT2D eigenvalue weighted by molar-refractivity contribution is 0.669. The van der Waals surface area contributed by atoms with Crippen molar-refractivity contribution in [1.82, 2.24) is 4.98 Å². The molecule has 0 aliphatic carbocycles. The van der Waals surface area contributed by atoms with E-state index in [9.17, 15) is 0 Å². The van der Waals surface area contributed by atoms with Crippen LogP contribution in [0, 0.1) is 20.8 Å². The molecule has 0 saturated heterocycles. The molecule has 2 aromatic heterocycles. The second kappa shape index (κ2) is 14.9. The van der Waals surface area contributed by atoms with Gasteiger partial charge in [0.2, 0.25) is 0 Å². The Labute approximate surface area is 307 Å². The molecule has 8 rings (SSSR count). The van der Waals surface area contributed by atoms with Gasteiger partial charge < -0.3 is 4.42 Å². The Hall–Kier alpha value is -5.73. The lowest BCUT2D eigenvalue weighted by Gasteiger charge is -2.12. The summed E-state index contributed by atoms with van der Waals surface area (Å²) in [5.41, 5.74) is 18.5. The number of fused-ring (bicyclic) bond motifs is 3. The van der Waals surface area contributed by atoms with Gasteiger partial charge in [-0.25, -0.2) is 0 Å². The van der Waals surface area contributed by atoms with E-state index < -0.39 is 0 Å². The van der Waals surface area contributed by atoms with Gasteiger partial charge in [0.25, 0.3) is 0 Å². The van der Waals surface area contributed by atoms with Crippen molar-refractivity contribution in [3.8, 4) is 22.4 Å². The number of rotatable bonds is 11. The molecule has 0 N–H and O–H groups in total. The van der Waals surface area contributed by atoms with Crippen LogP contribution >= 0.6 is 0 Å². The van der Waals surface area contributed by atoms with E-state index in [-0.39, 0.29) is 0 Å². The first-order chi connectivity index (χ1) is 25.4. The second-order valence-electron chi connectivity index (χ2n) is 14.5. The van der Waals surface area contributed by atoms with Crippen LogP contribution in [0.15, 0.2) is 150 Å². The zero-order chi connectivity index (χ0) is 35.4. The van der Waals surface area contributed by atoms with Gasteiger partial charge >= 0.3 is 0 Å². The summed E-state index contributed by atoms with van der Waals surface area (Å²) in [6.45, 7) is 6.49. The van der Waals surface area contributed by atoms with Crippen molar-refractivity contribution in [2.24, 2.45) is 0 Å². The van der Waals surface area contributed by atoms with Crippen LogP contribution in [0.3, 0.4) is 0 Å². The summed E-state index contributed by atoms with van der Waals surface area (Å²) >= 11 is 0. The molecular formula is C50H45NO. The third-order valence-electron chi connectivity index (χ3n) is 10.4. The first kappa shape index (κ1) is 33.4. The van der Waals surface area contributed by atoms with Crippen molar-refractivity contribution >= 4 is 21.9 Å². The van der Waals surface area contributed by atoms with Gasteiger partial charge in [-0.05, 0) is 134 Å². The molecule has 0 fully saturated rings. The molecule has 256 valence electrons. The van der Waals surface area contributed by atoms with E-state index in [1.165, 1.54) is 50.1 Å². The summed E-state index contributed by atoms with van der Waals surface area (Å²) < 4.78 is 6.20. The predicted molar refractivity (Wildman–Crippen MR) is 218 cm³/mol. The molecule has 0 aliphatic heterocycles. The minimum Gasteiger partial charge on any atom is -0.456 e. The summed E-state index contributed by atoms with van der Waals surface area (Å²) in [5.74, 6) is 0. The SMILES string of the molecule is Cc1cccc(CCc2cc(CCc3ccc(-c4cc(-c5ccc6c(c5)oc5ccccc56)c(C)cn4)cc3)cc(CCc3cccc(C)c3)c2)c1. The third-order valence-corrected chi connectivity index (χ3v) is 10.4. The van der Waals surface area contributed by atoms with Crippen molar-refractivity contribution in [3.63, 3.8) is 0 Å². The monoisotopic (exact) mass is 675 g/mol. The number of aryl methyl sites for hydroxylation is 9. The molecule has 2 heterocycles. The Bertz CT molecular complexity index is 2430. The van der Waals surface area contributed by atoms with Crippen LogP contribution in [0.4, 0.5) is 0 Å². The first-order valence-electron chi connectivity index (χ1n) is 18.6. The largest absolute Gasteiger partial charge is 0.456 e. The molecule has 0 amide bonds. The maximum atomic E-state index is 6.20. The van der Waals surface area contributed by atoms with Gasteiger partial charge in [-0.3, -0.25) is 4.98 Å². The van der Waals surface area contributed by atoms with E-state index >= 15 is 0 Å². The average molecular weight is 676 g/mol. The van der Waals surface area contributed by atoms with Crippen LogP contribution in [0.5, 0.6) is 0 Å². The topological polar surface area (TPSA) is 26.0 Å². The highest BCUT2D eigenvalue weighted by Gasteiger charge is 2.12. The molecule has 0 bridgehead atoms. The number of hydrogen-bond donors (Lipinski definition) is 0. The first-order valence-corrected chi connectivity index (χ1v) is 18.6. The van der Waals surface area contributed by atoms with Gasteiger partial charge in [0, 0.05) is 22.5 Å². The van der Waals surface area contributed by atoms with Crippen LogP contribution < -0.4 is 0 Å². The van der Waals surface area contributed by atoms with Gasteiger partial charge in [-0.15, -0.1) is 0 Å². The molecule has 2 heteroatoms. The molecular weight excluding hydrogens is 631 g/mol. The van der Waals surface area contributed by atoms with Crippen LogP contribution in [0.2, 0.25) is 0 Å². The Balaban J connectivity index is 0.985. The highest BCUT2D eigenvalue weighted by Crippen LogP contribution is 2.34. The van der Waals surface area contributed by atoms with Gasteiger partial charge in [0.05, 0.1) is 5.69 Å². The summed E-state index contributed by atoms with van der Waals surface area (Å²) in [4.78, 5) is 4.84. The minimum atomic E-state index is 0.913. The normalized spacial score (nSPS) is 11.4. The number of hydrogen-bond acceptors (Lipinski definition) is 2. The van der Waals surface area contributed by atoms with Gasteiger partial charge in [0.15, 0.2) is 0 Å². The maximum Gasteiger partial charge on any atom is 0.136 e. The van der Waals surface area contributed by atoms with Crippen LogP contribution in [-0.2, 0) is 38.5 Å². The van der Waals surface area contributed by atoms with Crippen molar-refractivity contribution < 1.29 is 4.42 Å². The average Bonchev–Trinajstić information content (AvgIpc) is 3.54. The fraction of sp³-hybridized carbons (Fsp3) is 0.180. The maximum absolute atomic E-state index is 6.20. The second-order valence-corrected chi connectivity index (χ2v) is 14.5. The Morgan fingerprint density at radius 2 is 0.981 bits per heavy atom. The van der Waals surface area contributed by atoms with Gasteiger partial charge in [-0.2, -0.15) is 0 Å². The number of para-hydroxylation sites is 1. The van der Waals surface area contributed by atoms with Crippen molar-refractivity contribution in [2.45, 2.75) is 59.3 Å². The number of furan rings is 1. The molecule has 8 aromatic rings. The zero-order valence-electron chi connectivity index (χ0n) is 30.5. The zero-order valence-corrected chi connectivity index (χ0v) is 30.5. The molecule has 0 spiro atoms. The van der Waals surface area contributed by atoms with E-state index in [0.717, 1.165) is 82.8 Å². The van der Waals surface area contributed by atoms with Crippen molar-refractivity contribution in [1.29, 1.82) is 0 Å². The van der Waals surface area contributed by atoms with E-state index in [1.807, 2.05) is 18.3 Å². The standard InChI is InChI=1S/C50H45NO/c1-34-8-6-10-38(26-34)15-18-41-28-40(29-42(30-41)19-16-39-11-7-9-35(2)27-39)17-14-37-20-22-43(23-21-37)48-32-47(36(3)33-51-48)44-24-25-46-45-12-4-5-13-49(45)52-50(46)31-44/h4-13,20-33H,14-19H2,1-3H3. The summed E-state index contributed by atoms with van der Waals surface area (Å²) in [6, 6.07) is 51.2. The van der Waals surface area contributed by atoms with Crippen molar-refractivity contribution in [3.05, 3.63) is 196 Å². The molecule has 6 aromatic carbocycles. The van der Waals surface area contributed by atoms with E-state index in [1.54, 1.807) is 0 Å². The molecule has 52 heavy (non-hydrogen) atoms. The fourth-order valence-electron chi connectivity index (χ4n) is 7.60. The Kier molecular flexibility index (Phi) is 9.55. The molecule has 0 unspecified atom stereocenters. The molecule has 2 nitrogen and oxygen atoms in total. The molecule has 0 saturated carbocycles. The van der Waals surface area contributed by atoms with Gasteiger partial charge in [-0.1, -0.05) is 126 Å². The molecule has 0 radical (unpaired) electrons. The number of nitrogens with zero attached hydrogens (tertiary/aromatic N) is 1. The Morgan fingerprint density at radius 3 is 1.62 bits per heavy atom. The number of pyridine rings is 1. The number of benzene rings is 6. The van der Waals surface area contributed by atoms with Crippen LogP contribution in [0.25, 0.3) is 44.3 Å². The van der Waals surface area contributed by atoms with E-state index in [2.05, 4.69) is 148 Å². The quantitative estimate of drug-likeness (QED) is 0.136. The molecule has 0 atom stereocenters. The van der Waals surface area contributed by atoms with E-state index in [0.29, 0.717) is 0 Å². The third kappa shape index (κ3) is 7.62. The minimum absolute atomic E-state index is 0.913. The predicted octanol–water partition coefficient (Wildman–Crippen LogP) is 12.6. The number of aromatic nitrogens is 1. The summed E-state index contributed by atoms with van der Waals surface area (Å²) in [7, 11) is 0. The van der Waals surface area contributed by atoms with Crippen molar-refractivity contribution in [2.75, 3.05) is 0 Å².